The Morgan fingerprint density at radius 2 is 1.93 bits per heavy atom. The van der Waals surface area contributed by atoms with Gasteiger partial charge < -0.3 is 10.1 Å². The van der Waals surface area contributed by atoms with Crippen LogP contribution in [0.25, 0.3) is 0 Å². The van der Waals surface area contributed by atoms with Crippen LogP contribution < -0.4 is 5.32 Å². The second-order valence-corrected chi connectivity index (χ2v) is 3.41. The first-order chi connectivity index (χ1) is 6.43. The third kappa shape index (κ3) is 4.81. The lowest BCUT2D eigenvalue weighted by Crippen LogP contribution is -2.48. The Labute approximate surface area is 82.8 Å². The highest BCUT2D eigenvalue weighted by Crippen LogP contribution is 2.25. The lowest BCUT2D eigenvalue weighted by molar-refractivity contribution is -0.170. The maximum Gasteiger partial charge on any atom is 0.404 e. The molecule has 0 bridgehead atoms. The summed E-state index contributed by atoms with van der Waals surface area (Å²) >= 11 is 0. The van der Waals surface area contributed by atoms with E-state index in [1.165, 1.54) is 14.0 Å². The quantitative estimate of drug-likeness (QED) is 0.730. The van der Waals surface area contributed by atoms with E-state index in [4.69, 9.17) is 4.74 Å². The molecule has 0 aromatic carbocycles. The van der Waals surface area contributed by atoms with Gasteiger partial charge in [-0.05, 0) is 13.0 Å². The zero-order valence-electron chi connectivity index (χ0n) is 8.82. The smallest absolute Gasteiger partial charge is 0.384 e. The molecule has 0 amide bonds. The number of methoxy groups -OCH3 is 1. The van der Waals surface area contributed by atoms with Gasteiger partial charge in [0.05, 0.1) is 6.61 Å². The first-order valence-electron chi connectivity index (χ1n) is 4.72. The summed E-state index contributed by atoms with van der Waals surface area (Å²) in [6, 6.07) is -1.47. The molecule has 2 nitrogen and oxygen atoms in total. The summed E-state index contributed by atoms with van der Waals surface area (Å²) in [4.78, 5) is 0. The zero-order valence-corrected chi connectivity index (χ0v) is 8.82. The molecule has 5 heteroatoms. The first-order valence-corrected chi connectivity index (χ1v) is 4.72. The number of hydrogen-bond acceptors (Lipinski definition) is 2. The van der Waals surface area contributed by atoms with Crippen molar-refractivity contribution in [2.45, 2.75) is 32.5 Å². The summed E-state index contributed by atoms with van der Waals surface area (Å²) < 4.78 is 42.2. The largest absolute Gasteiger partial charge is 0.404 e. The van der Waals surface area contributed by atoms with E-state index in [9.17, 15) is 13.2 Å². The minimum absolute atomic E-state index is 0.112. The van der Waals surface area contributed by atoms with Crippen LogP contribution in [0.3, 0.4) is 0 Å². The van der Waals surface area contributed by atoms with Crippen LogP contribution in [0.2, 0.25) is 0 Å². The van der Waals surface area contributed by atoms with Crippen LogP contribution in [-0.4, -0.2) is 32.5 Å². The average molecular weight is 213 g/mol. The number of ether oxygens (including phenoxy) is 1. The van der Waals surface area contributed by atoms with Gasteiger partial charge in [-0.1, -0.05) is 13.8 Å². The molecular formula is C9H18F3NO. The Balaban J connectivity index is 4.23. The van der Waals surface area contributed by atoms with Crippen LogP contribution in [0, 0.1) is 5.92 Å². The van der Waals surface area contributed by atoms with E-state index in [-0.39, 0.29) is 6.61 Å². The number of alkyl halides is 3. The molecule has 0 aliphatic carbocycles. The molecule has 0 heterocycles. The van der Waals surface area contributed by atoms with Crippen molar-refractivity contribution < 1.29 is 17.9 Å². The highest BCUT2D eigenvalue weighted by atomic mass is 19.4. The van der Waals surface area contributed by atoms with Crippen LogP contribution in [-0.2, 0) is 4.74 Å². The van der Waals surface area contributed by atoms with Crippen molar-refractivity contribution in [2.75, 3.05) is 20.3 Å². The molecule has 2 unspecified atom stereocenters. The summed E-state index contributed by atoms with van der Waals surface area (Å²) in [5, 5.41) is 2.49. The Morgan fingerprint density at radius 3 is 2.29 bits per heavy atom. The second kappa shape index (κ2) is 6.24. The van der Waals surface area contributed by atoms with E-state index in [2.05, 4.69) is 5.32 Å². The van der Waals surface area contributed by atoms with E-state index < -0.39 is 18.1 Å². The van der Waals surface area contributed by atoms with Crippen LogP contribution >= 0.6 is 0 Å². The number of hydrogen-bond donors (Lipinski definition) is 1. The monoisotopic (exact) mass is 213 g/mol. The Bertz CT molecular complexity index is 149. The molecule has 0 saturated carbocycles. The topological polar surface area (TPSA) is 21.3 Å². The fourth-order valence-corrected chi connectivity index (χ4v) is 1.30. The third-order valence-corrected chi connectivity index (χ3v) is 1.97. The van der Waals surface area contributed by atoms with Gasteiger partial charge in [0.2, 0.25) is 0 Å². The minimum atomic E-state index is -4.20. The van der Waals surface area contributed by atoms with Gasteiger partial charge in [0, 0.05) is 13.0 Å². The molecule has 1 N–H and O–H groups in total. The average Bonchev–Trinajstić information content (AvgIpc) is 2.03. The minimum Gasteiger partial charge on any atom is -0.384 e. The van der Waals surface area contributed by atoms with E-state index in [0.717, 1.165) is 0 Å². The van der Waals surface area contributed by atoms with Gasteiger partial charge in [0.25, 0.3) is 0 Å². The van der Waals surface area contributed by atoms with Gasteiger partial charge in [-0.2, -0.15) is 13.2 Å². The maximum absolute atomic E-state index is 12.5. The number of nitrogens with one attached hydrogen (secondary N) is 1. The van der Waals surface area contributed by atoms with Gasteiger partial charge >= 0.3 is 6.18 Å². The predicted octanol–water partition coefficient (Wildman–Crippen LogP) is 2.20. The highest BCUT2D eigenvalue weighted by Gasteiger charge is 2.42. The van der Waals surface area contributed by atoms with Crippen molar-refractivity contribution in [3.63, 3.8) is 0 Å². The zero-order chi connectivity index (χ0) is 11.2. The maximum atomic E-state index is 12.5. The molecule has 86 valence electrons. The van der Waals surface area contributed by atoms with E-state index in [1.807, 2.05) is 6.92 Å². The van der Waals surface area contributed by atoms with Gasteiger partial charge in [-0.25, -0.2) is 0 Å². The summed E-state index contributed by atoms with van der Waals surface area (Å²) in [6.45, 7) is 3.85. The van der Waals surface area contributed by atoms with E-state index >= 15 is 0 Å². The van der Waals surface area contributed by atoms with Crippen LogP contribution in [0.5, 0.6) is 0 Å². The van der Waals surface area contributed by atoms with Gasteiger partial charge in [-0.15, -0.1) is 0 Å². The van der Waals surface area contributed by atoms with Crippen LogP contribution in [0.4, 0.5) is 13.2 Å². The molecular weight excluding hydrogens is 195 g/mol. The SMILES string of the molecule is CCCNC(C(C)COC)C(F)(F)F. The van der Waals surface area contributed by atoms with Crippen LogP contribution in [0.15, 0.2) is 0 Å². The Hall–Kier alpha value is -0.290. The molecule has 0 spiro atoms. The highest BCUT2D eigenvalue weighted by molar-refractivity contribution is 4.80. The van der Waals surface area contributed by atoms with Crippen molar-refractivity contribution in [1.82, 2.24) is 5.32 Å². The molecule has 0 saturated heterocycles. The first kappa shape index (κ1) is 13.7. The second-order valence-electron chi connectivity index (χ2n) is 3.41. The molecule has 0 fully saturated rings. The van der Waals surface area contributed by atoms with Crippen molar-refractivity contribution in [1.29, 1.82) is 0 Å². The molecule has 0 aromatic rings. The summed E-state index contributed by atoms with van der Waals surface area (Å²) in [5.74, 6) is -0.563. The lowest BCUT2D eigenvalue weighted by Gasteiger charge is -2.26. The van der Waals surface area contributed by atoms with Gasteiger partial charge in [-0.3, -0.25) is 0 Å². The Morgan fingerprint density at radius 1 is 1.36 bits per heavy atom. The Kier molecular flexibility index (Phi) is 6.11. The third-order valence-electron chi connectivity index (χ3n) is 1.97. The lowest BCUT2D eigenvalue weighted by atomic mass is 10.0. The molecule has 14 heavy (non-hydrogen) atoms. The van der Waals surface area contributed by atoms with Gasteiger partial charge in [0.1, 0.15) is 6.04 Å². The summed E-state index contributed by atoms with van der Waals surface area (Å²) in [6.07, 6.45) is -3.51. The number of rotatable bonds is 6. The van der Waals surface area contributed by atoms with Crippen molar-refractivity contribution in [3.05, 3.63) is 0 Å². The standard InChI is InChI=1S/C9H18F3NO/c1-4-5-13-8(9(10,11)12)7(2)6-14-3/h7-8,13H,4-6H2,1-3H3. The van der Waals surface area contributed by atoms with E-state index in [0.29, 0.717) is 13.0 Å². The van der Waals surface area contributed by atoms with Crippen molar-refractivity contribution >= 4 is 0 Å². The van der Waals surface area contributed by atoms with Crippen molar-refractivity contribution in [2.24, 2.45) is 5.92 Å². The summed E-state index contributed by atoms with van der Waals surface area (Å²) in [7, 11) is 1.41. The molecule has 0 aliphatic heterocycles. The van der Waals surface area contributed by atoms with Crippen molar-refractivity contribution in [3.8, 4) is 0 Å². The summed E-state index contributed by atoms with van der Waals surface area (Å²) in [5.41, 5.74) is 0. The molecule has 0 rings (SSSR count). The van der Waals surface area contributed by atoms with Gasteiger partial charge in [0.15, 0.2) is 0 Å². The molecule has 0 radical (unpaired) electrons. The molecule has 0 aromatic heterocycles. The normalized spacial score (nSPS) is 16.7. The van der Waals surface area contributed by atoms with E-state index in [1.54, 1.807) is 0 Å². The molecule has 2 atom stereocenters. The molecule has 0 aliphatic rings. The predicted molar refractivity (Wildman–Crippen MR) is 49.2 cm³/mol. The number of halogens is 3. The fraction of sp³-hybridized carbons (Fsp3) is 1.00. The fourth-order valence-electron chi connectivity index (χ4n) is 1.30. The van der Waals surface area contributed by atoms with Crippen LogP contribution in [0.1, 0.15) is 20.3 Å².